The first-order valence-corrected chi connectivity index (χ1v) is 8.72. The quantitative estimate of drug-likeness (QED) is 0.620. The summed E-state index contributed by atoms with van der Waals surface area (Å²) in [6.07, 6.45) is 0. The Morgan fingerprint density at radius 3 is 2.30 bits per heavy atom. The van der Waals surface area contributed by atoms with Crippen LogP contribution in [0.2, 0.25) is 0 Å². The van der Waals surface area contributed by atoms with Gasteiger partial charge in [-0.15, -0.1) is 24.8 Å². The number of ether oxygens (including phenoxy) is 1. The monoisotopic (exact) mass is 420 g/mol. The minimum Gasteiger partial charge on any atom is -0.379 e. The van der Waals surface area contributed by atoms with Gasteiger partial charge in [0.25, 0.3) is 5.91 Å². The third-order valence-electron chi connectivity index (χ3n) is 4.43. The number of nitrogens with one attached hydrogen (secondary N) is 2. The Labute approximate surface area is 173 Å². The second kappa shape index (κ2) is 12.9. The van der Waals surface area contributed by atoms with Crippen LogP contribution in [0.5, 0.6) is 0 Å². The van der Waals surface area contributed by atoms with E-state index in [1.807, 2.05) is 0 Å². The van der Waals surface area contributed by atoms with Gasteiger partial charge in [0.05, 0.1) is 19.1 Å². The van der Waals surface area contributed by atoms with Gasteiger partial charge in [-0.05, 0) is 31.2 Å². The van der Waals surface area contributed by atoms with Crippen molar-refractivity contribution in [2.45, 2.75) is 19.9 Å². The number of nitrogens with zero attached hydrogens (tertiary/aromatic N) is 1. The molecule has 1 fully saturated rings. The molecule has 0 saturated carbocycles. The number of rotatable bonds is 7. The summed E-state index contributed by atoms with van der Waals surface area (Å²) in [7, 11) is 0. The fourth-order valence-electron chi connectivity index (χ4n) is 2.45. The summed E-state index contributed by atoms with van der Waals surface area (Å²) in [6, 6.07) is 6.65. The van der Waals surface area contributed by atoms with Crippen molar-refractivity contribution in [2.75, 3.05) is 44.7 Å². The fraction of sp³-hybridized carbons (Fsp3) is 0.556. The highest BCUT2D eigenvalue weighted by Crippen LogP contribution is 2.12. The van der Waals surface area contributed by atoms with Crippen molar-refractivity contribution >= 4 is 42.3 Å². The molecule has 1 saturated heterocycles. The maximum atomic E-state index is 12.2. The molecule has 7 nitrogen and oxygen atoms in total. The van der Waals surface area contributed by atoms with Crippen molar-refractivity contribution in [1.82, 2.24) is 10.2 Å². The second-order valence-electron chi connectivity index (χ2n) is 6.42. The molecule has 1 heterocycles. The largest absolute Gasteiger partial charge is 0.379 e. The molecule has 1 aromatic rings. The van der Waals surface area contributed by atoms with Crippen molar-refractivity contribution in [1.29, 1.82) is 0 Å². The molecule has 1 aromatic carbocycles. The number of amides is 2. The van der Waals surface area contributed by atoms with Crippen LogP contribution < -0.4 is 16.4 Å². The van der Waals surface area contributed by atoms with Gasteiger partial charge in [-0.3, -0.25) is 14.5 Å². The molecule has 2 amide bonds. The lowest BCUT2D eigenvalue weighted by molar-refractivity contribution is -0.119. The van der Waals surface area contributed by atoms with E-state index in [2.05, 4.69) is 15.5 Å². The Hall–Kier alpha value is -1.38. The highest BCUT2D eigenvalue weighted by atomic mass is 35.5. The van der Waals surface area contributed by atoms with E-state index in [4.69, 9.17) is 10.5 Å². The number of benzene rings is 1. The lowest BCUT2D eigenvalue weighted by Gasteiger charge is -2.26. The molecule has 4 N–H and O–H groups in total. The molecular formula is C18H30Cl2N4O3. The first kappa shape index (κ1) is 25.6. The molecule has 27 heavy (non-hydrogen) atoms. The summed E-state index contributed by atoms with van der Waals surface area (Å²) >= 11 is 0. The van der Waals surface area contributed by atoms with Crippen LogP contribution in [0.25, 0.3) is 0 Å². The minimum atomic E-state index is -0.275. The number of nitrogens with two attached hydrogens (primary N) is 1. The summed E-state index contributed by atoms with van der Waals surface area (Å²) in [4.78, 5) is 26.4. The summed E-state index contributed by atoms with van der Waals surface area (Å²) in [5.41, 5.74) is 6.96. The van der Waals surface area contributed by atoms with E-state index in [9.17, 15) is 9.59 Å². The van der Waals surface area contributed by atoms with Gasteiger partial charge in [-0.1, -0.05) is 6.92 Å². The maximum Gasteiger partial charge on any atom is 0.251 e. The van der Waals surface area contributed by atoms with Crippen LogP contribution in [-0.4, -0.2) is 62.1 Å². The zero-order chi connectivity index (χ0) is 18.2. The third-order valence-corrected chi connectivity index (χ3v) is 4.43. The van der Waals surface area contributed by atoms with Crippen LogP contribution in [0, 0.1) is 5.92 Å². The van der Waals surface area contributed by atoms with E-state index in [0.717, 1.165) is 32.8 Å². The average Bonchev–Trinajstić information content (AvgIpc) is 2.62. The molecule has 0 bridgehead atoms. The average molecular weight is 421 g/mol. The molecule has 1 aliphatic heterocycles. The molecule has 0 aliphatic carbocycles. The van der Waals surface area contributed by atoms with Gasteiger partial charge >= 0.3 is 0 Å². The van der Waals surface area contributed by atoms with E-state index in [0.29, 0.717) is 17.8 Å². The number of carbonyl (C=O) groups is 2. The van der Waals surface area contributed by atoms with Crippen LogP contribution in [0.1, 0.15) is 24.2 Å². The van der Waals surface area contributed by atoms with E-state index in [-0.39, 0.29) is 48.6 Å². The fourth-order valence-corrected chi connectivity index (χ4v) is 2.45. The second-order valence-corrected chi connectivity index (χ2v) is 6.42. The predicted octanol–water partition coefficient (Wildman–Crippen LogP) is 1.51. The molecule has 0 aromatic heterocycles. The standard InChI is InChI=1S/C18H28N4O3.2ClH/c1-13(14(2)19)17(23)21-16-5-3-15(4-6-16)18(24)20-7-8-22-9-11-25-12-10-22;;/h3-6,13-14H,7-12,19H2,1-2H3,(H,20,24)(H,21,23);2*1H. The number of hydrogen-bond donors (Lipinski definition) is 3. The number of halogens is 2. The Morgan fingerprint density at radius 1 is 1.15 bits per heavy atom. The summed E-state index contributed by atoms with van der Waals surface area (Å²) < 4.78 is 5.30. The number of anilines is 1. The topological polar surface area (TPSA) is 96.7 Å². The SMILES string of the molecule is CC(N)C(C)C(=O)Nc1ccc(C(=O)NCCN2CCOCC2)cc1.Cl.Cl. The lowest BCUT2D eigenvalue weighted by atomic mass is 10.0. The normalized spacial score (nSPS) is 16.3. The minimum absolute atomic E-state index is 0. The van der Waals surface area contributed by atoms with Crippen LogP contribution >= 0.6 is 24.8 Å². The molecule has 0 spiro atoms. The van der Waals surface area contributed by atoms with Crippen molar-refractivity contribution in [3.05, 3.63) is 29.8 Å². The van der Waals surface area contributed by atoms with Gasteiger partial charge in [0.1, 0.15) is 0 Å². The predicted molar refractivity (Wildman–Crippen MR) is 112 cm³/mol. The number of morpholine rings is 1. The van der Waals surface area contributed by atoms with E-state index < -0.39 is 0 Å². The van der Waals surface area contributed by atoms with Gasteiger partial charge in [-0.2, -0.15) is 0 Å². The molecule has 2 unspecified atom stereocenters. The first-order valence-electron chi connectivity index (χ1n) is 8.72. The van der Waals surface area contributed by atoms with Crippen molar-refractivity contribution in [3.8, 4) is 0 Å². The van der Waals surface area contributed by atoms with Gasteiger partial charge in [0, 0.05) is 43.5 Å². The highest BCUT2D eigenvalue weighted by molar-refractivity contribution is 5.96. The molecule has 1 aliphatic rings. The van der Waals surface area contributed by atoms with Crippen LogP contribution in [0.15, 0.2) is 24.3 Å². The van der Waals surface area contributed by atoms with Crippen LogP contribution in [0.4, 0.5) is 5.69 Å². The van der Waals surface area contributed by atoms with Crippen molar-refractivity contribution < 1.29 is 14.3 Å². The molecule has 2 atom stereocenters. The zero-order valence-corrected chi connectivity index (χ0v) is 17.4. The van der Waals surface area contributed by atoms with E-state index >= 15 is 0 Å². The van der Waals surface area contributed by atoms with Gasteiger partial charge < -0.3 is 21.1 Å². The van der Waals surface area contributed by atoms with Crippen LogP contribution in [-0.2, 0) is 9.53 Å². The zero-order valence-electron chi connectivity index (χ0n) is 15.8. The number of hydrogen-bond acceptors (Lipinski definition) is 5. The molecule has 154 valence electrons. The van der Waals surface area contributed by atoms with Gasteiger partial charge in [-0.25, -0.2) is 0 Å². The molecule has 9 heteroatoms. The van der Waals surface area contributed by atoms with Crippen molar-refractivity contribution in [3.63, 3.8) is 0 Å². The Morgan fingerprint density at radius 2 is 1.74 bits per heavy atom. The Kier molecular flexibility index (Phi) is 12.2. The van der Waals surface area contributed by atoms with Gasteiger partial charge in [0.2, 0.25) is 5.91 Å². The Bertz CT molecular complexity index is 578. The summed E-state index contributed by atoms with van der Waals surface area (Å²) in [6.45, 7) is 8.33. The molecule has 0 radical (unpaired) electrons. The molecular weight excluding hydrogens is 391 g/mol. The molecule has 2 rings (SSSR count). The number of carbonyl (C=O) groups excluding carboxylic acids is 2. The highest BCUT2D eigenvalue weighted by Gasteiger charge is 2.17. The Balaban J connectivity index is 0.00000338. The lowest BCUT2D eigenvalue weighted by Crippen LogP contribution is -2.41. The van der Waals surface area contributed by atoms with E-state index in [1.54, 1.807) is 38.1 Å². The summed E-state index contributed by atoms with van der Waals surface area (Å²) in [5.74, 6) is -0.518. The summed E-state index contributed by atoms with van der Waals surface area (Å²) in [5, 5.41) is 5.72. The third kappa shape index (κ3) is 8.45. The van der Waals surface area contributed by atoms with E-state index in [1.165, 1.54) is 0 Å². The van der Waals surface area contributed by atoms with Gasteiger partial charge in [0.15, 0.2) is 0 Å². The maximum absolute atomic E-state index is 12.2. The van der Waals surface area contributed by atoms with Crippen molar-refractivity contribution in [2.24, 2.45) is 11.7 Å². The smallest absolute Gasteiger partial charge is 0.251 e. The van der Waals surface area contributed by atoms with Crippen LogP contribution in [0.3, 0.4) is 0 Å². The first-order chi connectivity index (χ1) is 12.0.